The van der Waals surface area contributed by atoms with E-state index in [1.165, 1.54) is 0 Å². The van der Waals surface area contributed by atoms with Crippen LogP contribution in [-0.4, -0.2) is 191 Å². The molecule has 126 heavy (non-hydrogen) atoms. The minimum atomic E-state index is -4.32. The van der Waals surface area contributed by atoms with Gasteiger partial charge in [-0.1, -0.05) is 0 Å². The predicted octanol–water partition coefficient (Wildman–Crippen LogP) is 28.9. The predicted molar refractivity (Wildman–Crippen MR) is 568 cm³/mol. The highest BCUT2D eigenvalue weighted by Gasteiger charge is 2.60. The molecule has 54 heteroatoms. The van der Waals surface area contributed by atoms with Gasteiger partial charge in [0.25, 0.3) is 70.9 Å². The number of halogens is 24. The number of carbonyl (C=O) groups is 12. The van der Waals surface area contributed by atoms with Gasteiger partial charge in [-0.05, 0) is 496 Å². The van der Waals surface area contributed by atoms with E-state index >= 15 is 0 Å². The topological polar surface area (TPSA) is 280 Å². The Morgan fingerprint density at radius 2 is 0.238 bits per heavy atom. The first-order valence-electron chi connectivity index (χ1n) is 37.1. The van der Waals surface area contributed by atoms with Crippen molar-refractivity contribution in [3.05, 3.63) is 174 Å². The quantitative estimate of drug-likeness (QED) is 0.0235. The van der Waals surface area contributed by atoms with E-state index in [-0.39, 0.29) is 181 Å². The first-order valence-corrected chi connectivity index (χ1v) is 71.3. The number of amides is 12. The van der Waals surface area contributed by atoms with Crippen LogP contribution < -0.4 is 0 Å². The molecule has 1 saturated heterocycles. The van der Waals surface area contributed by atoms with Crippen LogP contribution in [0.25, 0.3) is 0 Å². The van der Waals surface area contributed by atoms with Crippen molar-refractivity contribution in [2.45, 2.75) is 114 Å². The molecule has 0 atom stereocenters. The summed E-state index contributed by atoms with van der Waals surface area (Å²) in [5.41, 5.74) is 1.25. The zero-order chi connectivity index (χ0) is 93.1. The van der Waals surface area contributed by atoms with Crippen molar-refractivity contribution < 1.29 is 82.2 Å². The Hall–Kier alpha value is 2.74. The highest BCUT2D eigenvalue weighted by Crippen LogP contribution is 2.54. The van der Waals surface area contributed by atoms with Crippen molar-refractivity contribution in [3.63, 3.8) is 0 Å². The maximum absolute atomic E-state index is 14.9. The lowest BCUT2D eigenvalue weighted by molar-refractivity contribution is 0.0637. The lowest BCUT2D eigenvalue weighted by atomic mass is 10.1. The third-order valence-corrected chi connectivity index (χ3v) is 78.7. The molecule has 0 aromatic heterocycles. The molecular weight excluding hydrogens is 3320 g/mol. The average molecular weight is 3380 g/mol. The molecule has 672 valence electrons. The molecule has 1 fully saturated rings. The number of benzene rings is 6. The van der Waals surface area contributed by atoms with Crippen LogP contribution in [-0.2, 0) is 24.7 Å². The molecule has 7 aliphatic rings. The van der Waals surface area contributed by atoms with Gasteiger partial charge >= 0.3 is 51.4 Å². The number of nitrogens with zero attached hydrogens (tertiary/aromatic N) is 6. The Morgan fingerprint density at radius 1 is 0.159 bits per heavy atom. The molecule has 6 aromatic rings. The zero-order valence-corrected chi connectivity index (χ0v) is 109. The fraction of sp³-hybridized carbons (Fsp3) is 0.333. The highest BCUT2D eigenvalue weighted by molar-refractivity contribution is 9.18. The Morgan fingerprint density at radius 3 is 0.317 bits per heavy atom. The van der Waals surface area contributed by atoms with Gasteiger partial charge in [0.1, 0.15) is 0 Å². The van der Waals surface area contributed by atoms with Crippen LogP contribution in [0.2, 0.25) is 75.5 Å². The number of imide groups is 6. The van der Waals surface area contributed by atoms with Gasteiger partial charge in [0.05, 0.1) is 66.8 Å². The number of hydrogen-bond acceptors (Lipinski definition) is 18. The molecule has 0 radical (unpaired) electrons. The monoisotopic (exact) mass is 3350 g/mol. The Kier molecular flexibility index (Phi) is 34.2. The van der Waals surface area contributed by atoms with E-state index in [1.807, 2.05) is 39.3 Å². The summed E-state index contributed by atoms with van der Waals surface area (Å²) in [6, 6.07) is -0.165. The van der Waals surface area contributed by atoms with Gasteiger partial charge in [-0.25, -0.2) is 0 Å². The van der Waals surface area contributed by atoms with Gasteiger partial charge in [-0.3, -0.25) is 86.9 Å². The van der Waals surface area contributed by atoms with Crippen LogP contribution >= 0.6 is 382 Å². The molecule has 12 amide bonds. The van der Waals surface area contributed by atoms with Crippen LogP contribution in [0.3, 0.4) is 0 Å². The van der Waals surface area contributed by atoms with Crippen LogP contribution in [0.4, 0.5) is 0 Å². The van der Waals surface area contributed by atoms with E-state index in [1.54, 1.807) is 0 Å². The minimum Gasteiger partial charge on any atom is -0.416 e. The normalized spacial score (nSPS) is 23.2. The van der Waals surface area contributed by atoms with E-state index in [0.29, 0.717) is 107 Å². The second kappa shape index (κ2) is 40.6. The number of carbonyl (C=O) groups excluding carboxylic acids is 12. The van der Waals surface area contributed by atoms with E-state index < -0.39 is 122 Å². The van der Waals surface area contributed by atoms with Crippen LogP contribution in [0.1, 0.15) is 163 Å². The van der Waals surface area contributed by atoms with E-state index in [4.69, 9.17) is 24.7 Å². The van der Waals surface area contributed by atoms with Crippen LogP contribution in [0, 0.1) is 0 Å². The number of hydrogen-bond donors (Lipinski definition) is 0. The Bertz CT molecular complexity index is 4780. The van der Waals surface area contributed by atoms with E-state index in [9.17, 15) is 57.5 Å². The molecule has 24 nitrogen and oxygen atoms in total. The second-order valence-corrected chi connectivity index (χ2v) is 71.2. The molecule has 7 aliphatic heterocycles. The van der Waals surface area contributed by atoms with Gasteiger partial charge in [0.15, 0.2) is 0 Å². The maximum atomic E-state index is 14.9. The molecule has 7 heterocycles. The van der Waals surface area contributed by atoms with Crippen molar-refractivity contribution >= 4 is 505 Å². The van der Waals surface area contributed by atoms with E-state index in [0.717, 1.165) is 29.4 Å². The van der Waals surface area contributed by atoms with Crippen molar-refractivity contribution in [2.75, 3.05) is 39.3 Å². The van der Waals surface area contributed by atoms with Crippen molar-refractivity contribution in [1.29, 1.82) is 0 Å². The Balaban J connectivity index is 0.962. The Labute approximate surface area is 929 Å². The summed E-state index contributed by atoms with van der Waals surface area (Å²) in [7, 11) is -25.9. The summed E-state index contributed by atoms with van der Waals surface area (Å²) in [5.74, 6) is -7.25. The van der Waals surface area contributed by atoms with Crippen LogP contribution in [0.15, 0.2) is 107 Å². The summed E-state index contributed by atoms with van der Waals surface area (Å²) >= 11 is 85.4. The molecule has 13 rings (SSSR count). The van der Waals surface area contributed by atoms with Gasteiger partial charge in [0, 0.05) is 147 Å². The molecule has 0 N–H and O–H groups in total. The lowest BCUT2D eigenvalue weighted by Gasteiger charge is -2.50. The SMILES string of the molecule is C[Si]1(CCCN2C(=O)c3c(Br)c(Br)c(Br)c(Br)c3C2=O)O[Si](C)(CCCN2C(=O)c3c(Br)c(Br)c(Br)c(Br)c3C2=O)O[Si](C)(CCCN2C(=O)c3c(Br)c(Br)c(Br)c(Br)c3C2=O)O[Si](C)(CCCN2C(=O)c3c(Br)c(Br)c(Br)c(Br)c3C2=O)O[Si](C)(CCCN2C(=O)c3c(Br)c(Br)c(Br)c(Br)c3C2=O)O[Si](C)(CCCN2C(=O)c3c(Br)c(Br)c(Br)c(Br)c3C2=O)O1. The third-order valence-electron chi connectivity index (χ3n) is 21.8. The number of rotatable bonds is 24. The first kappa shape index (κ1) is 106. The average Bonchev–Trinajstić information content (AvgIpc) is 1.63. The lowest BCUT2D eigenvalue weighted by Crippen LogP contribution is -2.67. The van der Waals surface area contributed by atoms with Gasteiger partial charge in [0.2, 0.25) is 0 Å². The summed E-state index contributed by atoms with van der Waals surface area (Å²) in [6.07, 6.45) is 0.112. The maximum Gasteiger partial charge on any atom is 0.317 e. The summed E-state index contributed by atoms with van der Waals surface area (Å²) < 4.78 is 57.9. The second-order valence-electron chi connectivity index (χ2n) is 30.6. The molecular formula is C72H54Br24N6O18Si6. The highest BCUT2D eigenvalue weighted by atomic mass is 79.9. The van der Waals surface area contributed by atoms with Crippen molar-refractivity contribution in [1.82, 2.24) is 29.4 Å². The molecule has 0 spiro atoms. The summed E-state index contributed by atoms with van der Waals surface area (Å²) in [4.78, 5) is 185. The van der Waals surface area contributed by atoms with E-state index in [2.05, 4.69) is 382 Å². The fourth-order valence-electron chi connectivity index (χ4n) is 16.4. The molecule has 0 unspecified atom stereocenters. The minimum absolute atomic E-state index is 0.0186. The van der Waals surface area contributed by atoms with Crippen molar-refractivity contribution in [3.8, 4) is 0 Å². The largest absolute Gasteiger partial charge is 0.416 e. The zero-order valence-electron chi connectivity index (χ0n) is 64.8. The standard InChI is InChI=1S/C72H54Br24N6O18Si6/c1-121(19-7-13-97-61(103)25-26(62(97)104)38(74)50(86)49(85)37(25)73)115-122(2,20-8-14-98-63(105)27-28(64(98)106)40(76)52(88)51(87)39(27)75)117-124(4,22-10-16-100-67(109)31-32(68(100)110)44(80)56(92)55(91)43(31)79)119-126(6,24-12-18-102-71(113)35-36(72(102)114)48(84)60(96)59(95)47(35)83)120-125(5,23-11-17-101-69(111)33-34(70(101)112)46(82)58(94)57(93)45(33)81)118-123(3,116-121)21-9-15-99-65(107)29-30(66(99)108)42(78)54(90)53(89)41(29)77/h7-24H2,1-6H3. The summed E-state index contributed by atoms with van der Waals surface area (Å²) in [5, 5.41) is 0. The summed E-state index contributed by atoms with van der Waals surface area (Å²) in [6.45, 7) is 9.70. The van der Waals surface area contributed by atoms with Gasteiger partial charge in [-0.15, -0.1) is 0 Å². The molecule has 6 aromatic carbocycles. The van der Waals surface area contributed by atoms with Gasteiger partial charge in [-0.2, -0.15) is 0 Å². The van der Waals surface area contributed by atoms with Gasteiger partial charge < -0.3 is 24.7 Å². The first-order chi connectivity index (χ1) is 58.6. The van der Waals surface area contributed by atoms with Crippen molar-refractivity contribution in [2.24, 2.45) is 0 Å². The molecule has 0 saturated carbocycles. The third kappa shape index (κ3) is 19.5. The fourth-order valence-corrected chi connectivity index (χ4v) is 66.0. The molecule has 0 aliphatic carbocycles. The van der Waals surface area contributed by atoms with Crippen LogP contribution in [0.5, 0.6) is 0 Å². The smallest absolute Gasteiger partial charge is 0.317 e. The molecule has 0 bridgehead atoms. The number of fused-ring (bicyclic) bond motifs is 6.